The Morgan fingerprint density at radius 3 is 1.96 bits per heavy atom. The summed E-state index contributed by atoms with van der Waals surface area (Å²) < 4.78 is 11.8. The summed E-state index contributed by atoms with van der Waals surface area (Å²) in [6, 6.07) is 16.6. The molecule has 0 bridgehead atoms. The number of rotatable bonds is 0. The molecular formula is C20H13NaO5Sm. The van der Waals surface area contributed by atoms with Crippen LogP contribution in [0.25, 0.3) is 0 Å². The fourth-order valence-corrected chi connectivity index (χ4v) is 3.65. The van der Waals surface area contributed by atoms with Crippen molar-refractivity contribution < 1.29 is 95.9 Å². The SMILES string of the molecule is O=C1OC2(c3ccc(O)cc3Oc3cc(O)ccc32)c2ccccc21.[H-].[Na+].[Sm]. The van der Waals surface area contributed by atoms with Crippen LogP contribution in [-0.2, 0) is 10.3 Å². The van der Waals surface area contributed by atoms with Crippen molar-refractivity contribution in [2.75, 3.05) is 0 Å². The van der Waals surface area contributed by atoms with Gasteiger partial charge in [0.2, 0.25) is 0 Å². The van der Waals surface area contributed by atoms with Gasteiger partial charge in [0.1, 0.15) is 23.0 Å². The molecule has 0 aliphatic carbocycles. The van der Waals surface area contributed by atoms with Crippen LogP contribution in [0.4, 0.5) is 0 Å². The first-order valence-electron chi connectivity index (χ1n) is 7.77. The van der Waals surface area contributed by atoms with E-state index >= 15 is 0 Å². The van der Waals surface area contributed by atoms with Crippen LogP contribution in [-0.4, -0.2) is 16.2 Å². The van der Waals surface area contributed by atoms with Crippen molar-refractivity contribution in [2.45, 2.75) is 5.60 Å². The minimum absolute atomic E-state index is 0. The fourth-order valence-electron chi connectivity index (χ4n) is 3.65. The van der Waals surface area contributed by atoms with Gasteiger partial charge in [0, 0.05) is 69.2 Å². The van der Waals surface area contributed by atoms with Crippen molar-refractivity contribution >= 4 is 5.97 Å². The zero-order valence-electron chi connectivity index (χ0n) is 15.3. The monoisotopic (exact) mass is 508 g/mol. The molecule has 0 saturated carbocycles. The van der Waals surface area contributed by atoms with Gasteiger partial charge in [-0.05, 0) is 30.3 Å². The number of hydrogen-bond donors (Lipinski definition) is 2. The standard InChI is InChI=1S/C20H12O5.Na.Sm.H/c21-11-5-7-15-17(9-11)24-18-10-12(22)6-8-16(18)20(15)14-4-2-1-3-13(14)19(23)25-20;;;/h1-10,21-22H;;;/q;+1;;-1. The van der Waals surface area contributed by atoms with Crippen molar-refractivity contribution in [1.82, 2.24) is 0 Å². The van der Waals surface area contributed by atoms with E-state index in [1.54, 1.807) is 24.3 Å². The van der Waals surface area contributed by atoms with Gasteiger partial charge in [0.05, 0.1) is 5.56 Å². The van der Waals surface area contributed by atoms with Gasteiger partial charge in [-0.2, -0.15) is 0 Å². The quantitative estimate of drug-likeness (QED) is 0.348. The van der Waals surface area contributed by atoms with Crippen LogP contribution in [0.5, 0.6) is 23.0 Å². The summed E-state index contributed by atoms with van der Waals surface area (Å²) in [6.45, 7) is 0. The van der Waals surface area contributed by atoms with Crippen LogP contribution in [0.15, 0.2) is 60.7 Å². The molecule has 3 aromatic rings. The van der Waals surface area contributed by atoms with Crippen molar-refractivity contribution in [3.63, 3.8) is 0 Å². The Bertz CT molecular complexity index is 1020. The molecule has 27 heavy (non-hydrogen) atoms. The molecule has 5 nitrogen and oxygen atoms in total. The van der Waals surface area contributed by atoms with Gasteiger partial charge in [-0.3, -0.25) is 0 Å². The maximum Gasteiger partial charge on any atom is 1.00 e. The number of benzene rings is 3. The number of phenols is 2. The summed E-state index contributed by atoms with van der Waals surface area (Å²) in [5, 5.41) is 19.7. The van der Waals surface area contributed by atoms with Crippen LogP contribution >= 0.6 is 0 Å². The molecule has 0 atom stereocenters. The summed E-state index contributed by atoms with van der Waals surface area (Å²) >= 11 is 0. The van der Waals surface area contributed by atoms with Gasteiger partial charge in [0.15, 0.2) is 5.60 Å². The van der Waals surface area contributed by atoms with Crippen LogP contribution in [0, 0.1) is 40.4 Å². The second-order valence-electron chi connectivity index (χ2n) is 6.08. The van der Waals surface area contributed by atoms with E-state index in [4.69, 9.17) is 9.47 Å². The molecule has 130 valence electrons. The zero-order chi connectivity index (χ0) is 17.2. The van der Waals surface area contributed by atoms with E-state index in [0.717, 1.165) is 0 Å². The third kappa shape index (κ3) is 2.91. The third-order valence-corrected chi connectivity index (χ3v) is 4.68. The summed E-state index contributed by atoms with van der Waals surface area (Å²) in [7, 11) is 0. The first-order chi connectivity index (χ1) is 12.1. The number of aromatic hydroxyl groups is 2. The van der Waals surface area contributed by atoms with Gasteiger partial charge in [-0.1, -0.05) is 18.2 Å². The molecule has 0 radical (unpaired) electrons. The molecule has 2 aliphatic rings. The second-order valence-corrected chi connectivity index (χ2v) is 6.08. The van der Waals surface area contributed by atoms with Gasteiger partial charge in [-0.15, -0.1) is 0 Å². The predicted molar refractivity (Wildman–Crippen MR) is 89.1 cm³/mol. The van der Waals surface area contributed by atoms with E-state index in [2.05, 4.69) is 0 Å². The van der Waals surface area contributed by atoms with Gasteiger partial charge in [0.25, 0.3) is 0 Å². The minimum Gasteiger partial charge on any atom is -1.00 e. The summed E-state index contributed by atoms with van der Waals surface area (Å²) in [6.07, 6.45) is 0. The largest absolute Gasteiger partial charge is 1.00 e. The molecule has 2 N–H and O–H groups in total. The molecule has 3 aromatic carbocycles. The number of phenolic OH excluding ortho intramolecular Hbond substituents is 2. The van der Waals surface area contributed by atoms with Crippen molar-refractivity contribution in [1.29, 1.82) is 0 Å². The molecule has 1 spiro atoms. The number of ether oxygens (including phenoxy) is 2. The summed E-state index contributed by atoms with van der Waals surface area (Å²) in [5.74, 6) is 0.408. The fraction of sp³-hybridized carbons (Fsp3) is 0.0500. The minimum atomic E-state index is -1.17. The van der Waals surface area contributed by atoms with Crippen molar-refractivity contribution in [2.24, 2.45) is 0 Å². The van der Waals surface area contributed by atoms with Gasteiger partial charge >= 0.3 is 35.5 Å². The van der Waals surface area contributed by atoms with E-state index in [1.165, 1.54) is 24.3 Å². The molecule has 5 rings (SSSR count). The Balaban J connectivity index is 0.000000934. The van der Waals surface area contributed by atoms with Crippen molar-refractivity contribution in [3.8, 4) is 23.0 Å². The molecule has 2 heterocycles. The molecular weight excluding hydrogens is 494 g/mol. The average Bonchev–Trinajstić information content (AvgIpc) is 2.88. The maximum absolute atomic E-state index is 12.5. The first-order valence-corrected chi connectivity index (χ1v) is 7.77. The molecule has 0 fully saturated rings. The zero-order valence-corrected chi connectivity index (χ0v) is 18.9. The van der Waals surface area contributed by atoms with Crippen molar-refractivity contribution in [3.05, 3.63) is 82.9 Å². The predicted octanol–water partition coefficient (Wildman–Crippen LogP) is 0.782. The van der Waals surface area contributed by atoms with Gasteiger partial charge < -0.3 is 21.1 Å². The van der Waals surface area contributed by atoms with Gasteiger partial charge in [-0.25, -0.2) is 4.79 Å². The number of hydrogen-bond acceptors (Lipinski definition) is 5. The number of fused-ring (bicyclic) bond motifs is 6. The van der Waals surface area contributed by atoms with E-state index in [0.29, 0.717) is 33.8 Å². The smallest absolute Gasteiger partial charge is 1.00 e. The first kappa shape index (κ1) is 20.6. The average molecular weight is 507 g/mol. The Labute approximate surface area is 211 Å². The van der Waals surface area contributed by atoms with E-state index in [9.17, 15) is 15.0 Å². The second kappa shape index (κ2) is 7.36. The Kier molecular flexibility index (Phi) is 5.62. The summed E-state index contributed by atoms with van der Waals surface area (Å²) in [5.41, 5.74) is 1.28. The Morgan fingerprint density at radius 1 is 0.815 bits per heavy atom. The third-order valence-electron chi connectivity index (χ3n) is 4.68. The normalized spacial score (nSPS) is 14.6. The number of carbonyl (C=O) groups excluding carboxylic acids is 1. The topological polar surface area (TPSA) is 76.0 Å². The Morgan fingerprint density at radius 2 is 1.37 bits per heavy atom. The molecule has 0 saturated heterocycles. The molecule has 0 aromatic heterocycles. The molecule has 2 aliphatic heterocycles. The number of esters is 1. The number of carbonyl (C=O) groups is 1. The van der Waals surface area contributed by atoms with E-state index < -0.39 is 11.6 Å². The van der Waals surface area contributed by atoms with Crippen LogP contribution in [0.1, 0.15) is 28.5 Å². The molecule has 0 amide bonds. The molecule has 7 heteroatoms. The maximum atomic E-state index is 12.5. The Hall–Kier alpha value is -1.13. The van der Waals surface area contributed by atoms with Crippen LogP contribution < -0.4 is 34.3 Å². The summed E-state index contributed by atoms with van der Waals surface area (Å²) in [4.78, 5) is 12.5. The van der Waals surface area contributed by atoms with E-state index in [1.807, 2.05) is 12.1 Å². The van der Waals surface area contributed by atoms with Crippen LogP contribution in [0.2, 0.25) is 0 Å². The molecule has 0 unspecified atom stereocenters. The van der Waals surface area contributed by atoms with E-state index in [-0.39, 0.29) is 82.9 Å². The van der Waals surface area contributed by atoms with Crippen LogP contribution in [0.3, 0.4) is 0 Å².